The average Bonchev–Trinajstić information content (AvgIpc) is 3.11. The largest absolute Gasteiger partial charge is 0.493 e. The zero-order valence-electron chi connectivity index (χ0n) is 17.2. The summed E-state index contributed by atoms with van der Waals surface area (Å²) in [6, 6.07) is 9.68. The number of amides is 1. The van der Waals surface area contributed by atoms with E-state index in [1.165, 1.54) is 6.42 Å². The second-order valence-electron chi connectivity index (χ2n) is 7.64. The molecule has 0 radical (unpaired) electrons. The van der Waals surface area contributed by atoms with Crippen LogP contribution in [-0.2, 0) is 4.79 Å². The third-order valence-corrected chi connectivity index (χ3v) is 5.64. The van der Waals surface area contributed by atoms with Crippen molar-refractivity contribution in [1.29, 1.82) is 0 Å². The second kappa shape index (κ2) is 8.15. The Morgan fingerprint density at radius 3 is 2.55 bits per heavy atom. The maximum absolute atomic E-state index is 13.0. The van der Waals surface area contributed by atoms with Crippen molar-refractivity contribution in [2.45, 2.75) is 39.0 Å². The molecule has 29 heavy (non-hydrogen) atoms. The fourth-order valence-electron chi connectivity index (χ4n) is 4.04. The molecule has 6 nitrogen and oxygen atoms in total. The fourth-order valence-corrected chi connectivity index (χ4v) is 4.04. The van der Waals surface area contributed by atoms with E-state index in [9.17, 15) is 4.79 Å². The molecule has 2 aromatic heterocycles. The molecule has 1 aromatic carbocycles. The maximum atomic E-state index is 13.0. The molecule has 4 rings (SSSR count). The molecule has 1 fully saturated rings. The van der Waals surface area contributed by atoms with Gasteiger partial charge in [0.1, 0.15) is 17.2 Å². The molecular formula is C23H27N3O3. The highest BCUT2D eigenvalue weighted by Crippen LogP contribution is 2.36. The third-order valence-electron chi connectivity index (χ3n) is 5.64. The Morgan fingerprint density at radius 2 is 1.83 bits per heavy atom. The molecule has 1 aliphatic rings. The number of methoxy groups -OCH3 is 2. The Labute approximate surface area is 170 Å². The smallest absolute Gasteiger partial charge is 0.228 e. The van der Waals surface area contributed by atoms with Crippen molar-refractivity contribution in [2.75, 3.05) is 19.5 Å². The van der Waals surface area contributed by atoms with Crippen molar-refractivity contribution in [3.8, 4) is 22.8 Å². The van der Waals surface area contributed by atoms with Gasteiger partial charge in [-0.2, -0.15) is 0 Å². The van der Waals surface area contributed by atoms with E-state index in [0.29, 0.717) is 17.3 Å². The molecule has 3 aromatic rings. The Hall–Kier alpha value is -3.02. The summed E-state index contributed by atoms with van der Waals surface area (Å²) in [6.07, 6.45) is 7.36. The molecule has 1 aliphatic carbocycles. The Balaban J connectivity index is 1.79. The van der Waals surface area contributed by atoms with Crippen LogP contribution in [0, 0.1) is 12.8 Å². The lowest BCUT2D eigenvalue weighted by Crippen LogP contribution is -2.25. The van der Waals surface area contributed by atoms with Gasteiger partial charge in [-0.05, 0) is 49.6 Å². The van der Waals surface area contributed by atoms with Gasteiger partial charge in [0.15, 0.2) is 11.5 Å². The van der Waals surface area contributed by atoms with Gasteiger partial charge in [0.25, 0.3) is 0 Å². The summed E-state index contributed by atoms with van der Waals surface area (Å²) >= 11 is 0. The predicted octanol–water partition coefficient (Wildman–Crippen LogP) is 4.85. The van der Waals surface area contributed by atoms with Crippen LogP contribution in [0.2, 0.25) is 0 Å². The minimum atomic E-state index is 0.0670. The van der Waals surface area contributed by atoms with E-state index in [1.807, 2.05) is 47.9 Å². The van der Waals surface area contributed by atoms with Crippen molar-refractivity contribution in [1.82, 2.24) is 9.38 Å². The highest BCUT2D eigenvalue weighted by molar-refractivity contribution is 5.96. The quantitative estimate of drug-likeness (QED) is 0.673. The molecule has 6 heteroatoms. The summed E-state index contributed by atoms with van der Waals surface area (Å²) in [5.74, 6) is 2.13. The molecule has 0 atom stereocenters. The predicted molar refractivity (Wildman–Crippen MR) is 114 cm³/mol. The Kier molecular flexibility index (Phi) is 5.43. The third kappa shape index (κ3) is 3.79. The van der Waals surface area contributed by atoms with Crippen LogP contribution in [0.15, 0.2) is 36.5 Å². The summed E-state index contributed by atoms with van der Waals surface area (Å²) in [5.41, 5.74) is 3.48. The van der Waals surface area contributed by atoms with E-state index < -0.39 is 0 Å². The number of hydrogen-bond acceptors (Lipinski definition) is 4. The normalized spacial score (nSPS) is 14.7. The van der Waals surface area contributed by atoms with Crippen LogP contribution in [0.3, 0.4) is 0 Å². The van der Waals surface area contributed by atoms with Crippen molar-refractivity contribution in [2.24, 2.45) is 5.92 Å². The number of carbonyl (C=O) groups excluding carboxylic acids is 1. The summed E-state index contributed by atoms with van der Waals surface area (Å²) in [6.45, 7) is 2.03. The molecule has 2 heterocycles. The number of nitrogens with one attached hydrogen (secondary N) is 1. The number of imidazole rings is 1. The first-order chi connectivity index (χ1) is 14.1. The van der Waals surface area contributed by atoms with Crippen LogP contribution in [0.4, 0.5) is 5.82 Å². The van der Waals surface area contributed by atoms with Crippen LogP contribution in [0.1, 0.15) is 37.7 Å². The first kappa shape index (κ1) is 19.3. The van der Waals surface area contributed by atoms with Gasteiger partial charge in [-0.3, -0.25) is 9.20 Å². The monoisotopic (exact) mass is 393 g/mol. The SMILES string of the molecule is COc1ccc(-c2nc3ccc(C)cn3c2NC(=O)C2CCCCC2)cc1OC. The van der Waals surface area contributed by atoms with E-state index >= 15 is 0 Å². The number of fused-ring (bicyclic) bond motifs is 1. The molecule has 0 unspecified atom stereocenters. The number of ether oxygens (including phenoxy) is 2. The number of aromatic nitrogens is 2. The number of nitrogens with zero attached hydrogens (tertiary/aromatic N) is 2. The van der Waals surface area contributed by atoms with Gasteiger partial charge in [0, 0.05) is 17.7 Å². The van der Waals surface area contributed by atoms with Gasteiger partial charge in [0.05, 0.1) is 14.2 Å². The number of pyridine rings is 1. The van der Waals surface area contributed by atoms with Crippen molar-refractivity contribution in [3.05, 3.63) is 42.1 Å². The average molecular weight is 393 g/mol. The second-order valence-corrected chi connectivity index (χ2v) is 7.64. The fraction of sp³-hybridized carbons (Fsp3) is 0.391. The highest BCUT2D eigenvalue weighted by atomic mass is 16.5. The minimum absolute atomic E-state index is 0.0670. The molecule has 0 aliphatic heterocycles. The van der Waals surface area contributed by atoms with E-state index in [1.54, 1.807) is 14.2 Å². The van der Waals surface area contributed by atoms with Crippen LogP contribution >= 0.6 is 0 Å². The molecule has 0 bridgehead atoms. The van der Waals surface area contributed by atoms with Gasteiger partial charge >= 0.3 is 0 Å². The lowest BCUT2D eigenvalue weighted by Gasteiger charge is -2.21. The molecule has 1 N–H and O–H groups in total. The summed E-state index contributed by atoms with van der Waals surface area (Å²) in [5, 5.41) is 3.18. The number of hydrogen-bond donors (Lipinski definition) is 1. The standard InChI is InChI=1S/C23H27N3O3/c1-15-9-12-20-24-21(17-10-11-18(28-2)19(13-17)29-3)22(26(20)14-15)25-23(27)16-7-5-4-6-8-16/h9-14,16H,4-8H2,1-3H3,(H,25,27). The van der Waals surface area contributed by atoms with E-state index in [-0.39, 0.29) is 11.8 Å². The molecule has 1 amide bonds. The van der Waals surface area contributed by atoms with Crippen LogP contribution < -0.4 is 14.8 Å². The molecule has 1 saturated carbocycles. The molecule has 0 spiro atoms. The summed E-state index contributed by atoms with van der Waals surface area (Å²) in [4.78, 5) is 17.8. The number of anilines is 1. The number of benzene rings is 1. The molecule has 152 valence electrons. The minimum Gasteiger partial charge on any atom is -0.493 e. The van der Waals surface area contributed by atoms with Crippen molar-refractivity contribution in [3.63, 3.8) is 0 Å². The summed E-state index contributed by atoms with van der Waals surface area (Å²) < 4.78 is 12.8. The highest BCUT2D eigenvalue weighted by Gasteiger charge is 2.24. The Bertz CT molecular complexity index is 1040. The van der Waals surface area contributed by atoms with Crippen molar-refractivity contribution >= 4 is 17.4 Å². The van der Waals surface area contributed by atoms with E-state index in [2.05, 4.69) is 5.32 Å². The zero-order chi connectivity index (χ0) is 20.4. The first-order valence-corrected chi connectivity index (χ1v) is 10.1. The van der Waals surface area contributed by atoms with Crippen LogP contribution in [0.25, 0.3) is 16.9 Å². The van der Waals surface area contributed by atoms with Gasteiger partial charge in [0.2, 0.25) is 5.91 Å². The number of carbonyl (C=O) groups is 1. The molecular weight excluding hydrogens is 366 g/mol. The van der Waals surface area contributed by atoms with Gasteiger partial charge < -0.3 is 14.8 Å². The topological polar surface area (TPSA) is 64.9 Å². The first-order valence-electron chi connectivity index (χ1n) is 10.1. The Morgan fingerprint density at radius 1 is 1.07 bits per heavy atom. The number of aryl methyl sites for hydroxylation is 1. The zero-order valence-corrected chi connectivity index (χ0v) is 17.2. The van der Waals surface area contributed by atoms with Gasteiger partial charge in [-0.1, -0.05) is 25.3 Å². The van der Waals surface area contributed by atoms with Crippen LogP contribution in [0.5, 0.6) is 11.5 Å². The van der Waals surface area contributed by atoms with Crippen LogP contribution in [-0.4, -0.2) is 29.5 Å². The van der Waals surface area contributed by atoms with Crippen molar-refractivity contribution < 1.29 is 14.3 Å². The summed E-state index contributed by atoms with van der Waals surface area (Å²) in [7, 11) is 3.22. The van der Waals surface area contributed by atoms with Gasteiger partial charge in [-0.25, -0.2) is 4.98 Å². The van der Waals surface area contributed by atoms with E-state index in [4.69, 9.17) is 14.5 Å². The maximum Gasteiger partial charge on any atom is 0.228 e. The number of rotatable bonds is 5. The molecule has 0 saturated heterocycles. The van der Waals surface area contributed by atoms with Gasteiger partial charge in [-0.15, -0.1) is 0 Å². The lowest BCUT2D eigenvalue weighted by atomic mass is 9.88. The van der Waals surface area contributed by atoms with E-state index in [0.717, 1.165) is 48.2 Å². The lowest BCUT2D eigenvalue weighted by molar-refractivity contribution is -0.120.